The van der Waals surface area contributed by atoms with E-state index in [2.05, 4.69) is 18.8 Å². The van der Waals surface area contributed by atoms with E-state index in [4.69, 9.17) is 14.9 Å². The van der Waals surface area contributed by atoms with E-state index in [-0.39, 0.29) is 29.8 Å². The number of allylic oxidation sites excluding steroid dienone is 2. The number of nitrogens with one attached hydrogen (secondary N) is 1. The Kier molecular flexibility index (Phi) is 4.78. The molecule has 0 fully saturated rings. The molecule has 29 heavy (non-hydrogen) atoms. The van der Waals surface area contributed by atoms with Crippen molar-refractivity contribution in [2.75, 3.05) is 13.7 Å². The first-order chi connectivity index (χ1) is 13.8. The monoisotopic (exact) mass is 395 g/mol. The number of aliphatic hydroxyl groups excluding tert-OH is 1. The van der Waals surface area contributed by atoms with Gasteiger partial charge in [-0.15, -0.1) is 0 Å². The number of ether oxygens (including phenoxy) is 2. The van der Waals surface area contributed by atoms with Crippen molar-refractivity contribution in [3.8, 4) is 11.6 Å². The van der Waals surface area contributed by atoms with Crippen molar-refractivity contribution >= 4 is 5.78 Å². The SMILES string of the molecule is COc1ccc([C@H]2C3=C(CC(C)(C)CC3=O)Oc3ncn(CCO)c(=N)c32)cc1. The van der Waals surface area contributed by atoms with Crippen molar-refractivity contribution in [2.24, 2.45) is 5.41 Å². The van der Waals surface area contributed by atoms with Crippen LogP contribution in [0.1, 0.15) is 43.7 Å². The molecule has 2 aliphatic rings. The quantitative estimate of drug-likeness (QED) is 0.829. The van der Waals surface area contributed by atoms with Crippen molar-refractivity contribution in [3.63, 3.8) is 0 Å². The molecule has 2 heterocycles. The maximum atomic E-state index is 13.2. The molecule has 0 radical (unpaired) electrons. The van der Waals surface area contributed by atoms with Gasteiger partial charge in [0.05, 0.1) is 19.3 Å². The number of methoxy groups -OCH3 is 1. The number of fused-ring (bicyclic) bond motifs is 1. The Morgan fingerprint density at radius 2 is 2.03 bits per heavy atom. The van der Waals surface area contributed by atoms with Crippen LogP contribution in [0.5, 0.6) is 11.6 Å². The average molecular weight is 395 g/mol. The summed E-state index contributed by atoms with van der Waals surface area (Å²) in [6, 6.07) is 7.53. The van der Waals surface area contributed by atoms with Gasteiger partial charge in [-0.1, -0.05) is 26.0 Å². The molecule has 1 aliphatic heterocycles. The van der Waals surface area contributed by atoms with Crippen LogP contribution < -0.4 is 15.0 Å². The fraction of sp³-hybridized carbons (Fsp3) is 0.409. The van der Waals surface area contributed by atoms with Gasteiger partial charge in [0.25, 0.3) is 0 Å². The van der Waals surface area contributed by atoms with Crippen molar-refractivity contribution in [2.45, 2.75) is 39.2 Å². The maximum Gasteiger partial charge on any atom is 0.228 e. The smallest absolute Gasteiger partial charge is 0.228 e. The van der Waals surface area contributed by atoms with Gasteiger partial charge in [0.1, 0.15) is 23.3 Å². The van der Waals surface area contributed by atoms with Crippen molar-refractivity contribution in [3.05, 3.63) is 58.5 Å². The molecule has 0 saturated heterocycles. The molecular formula is C22H25N3O4. The number of hydrogen-bond acceptors (Lipinski definition) is 6. The Hall–Kier alpha value is -2.93. The standard InChI is InChI=1S/C22H25N3O4/c1-22(2)10-15(27)18-16(11-22)29-21-19(20(23)25(8-9-26)12-24-21)17(18)13-4-6-14(28-3)7-5-13/h4-7,12,17,23,26H,8-11H2,1-3H3/t17-/m0/s1. The molecule has 1 atom stereocenters. The Bertz CT molecular complexity index is 1050. The summed E-state index contributed by atoms with van der Waals surface area (Å²) in [5.41, 5.74) is 2.05. The summed E-state index contributed by atoms with van der Waals surface area (Å²) in [6.45, 7) is 4.26. The number of rotatable bonds is 4. The minimum atomic E-state index is -0.436. The lowest BCUT2D eigenvalue weighted by Crippen LogP contribution is -2.37. The van der Waals surface area contributed by atoms with Crippen LogP contribution in [0.4, 0.5) is 0 Å². The minimum absolute atomic E-state index is 0.0414. The number of nitrogens with zero attached hydrogens (tertiary/aromatic N) is 2. The number of ketones is 1. The molecule has 1 aliphatic carbocycles. The van der Waals surface area contributed by atoms with Crippen LogP contribution in [0.25, 0.3) is 0 Å². The first-order valence-electron chi connectivity index (χ1n) is 9.67. The second kappa shape index (κ2) is 7.15. The van der Waals surface area contributed by atoms with Crippen LogP contribution in [0.15, 0.2) is 41.9 Å². The van der Waals surface area contributed by atoms with E-state index in [1.165, 1.54) is 6.33 Å². The number of hydrogen-bond donors (Lipinski definition) is 2. The summed E-state index contributed by atoms with van der Waals surface area (Å²) in [4.78, 5) is 17.6. The lowest BCUT2D eigenvalue weighted by molar-refractivity contribution is -0.118. The third kappa shape index (κ3) is 3.35. The van der Waals surface area contributed by atoms with Gasteiger partial charge in [-0.25, -0.2) is 4.98 Å². The lowest BCUT2D eigenvalue weighted by Gasteiger charge is -2.37. The fourth-order valence-electron chi connectivity index (χ4n) is 4.21. The summed E-state index contributed by atoms with van der Waals surface area (Å²) < 4.78 is 12.9. The van der Waals surface area contributed by atoms with Gasteiger partial charge >= 0.3 is 0 Å². The van der Waals surface area contributed by atoms with Gasteiger partial charge < -0.3 is 19.1 Å². The first kappa shape index (κ1) is 19.4. The van der Waals surface area contributed by atoms with Gasteiger partial charge in [-0.2, -0.15) is 0 Å². The Morgan fingerprint density at radius 1 is 1.31 bits per heavy atom. The number of carbonyl (C=O) groups excluding carboxylic acids is 1. The molecule has 0 saturated carbocycles. The highest BCUT2D eigenvalue weighted by atomic mass is 16.5. The maximum absolute atomic E-state index is 13.2. The van der Waals surface area contributed by atoms with E-state index in [1.54, 1.807) is 11.7 Å². The second-order valence-corrected chi connectivity index (χ2v) is 8.32. The molecule has 1 aromatic heterocycles. The van der Waals surface area contributed by atoms with E-state index in [9.17, 15) is 9.90 Å². The molecule has 0 unspecified atom stereocenters. The molecule has 4 rings (SSSR count). The zero-order chi connectivity index (χ0) is 20.8. The van der Waals surface area contributed by atoms with Crippen LogP contribution in [-0.4, -0.2) is 34.2 Å². The highest BCUT2D eigenvalue weighted by Crippen LogP contribution is 2.48. The third-order valence-corrected chi connectivity index (χ3v) is 5.55. The zero-order valence-electron chi connectivity index (χ0n) is 16.9. The average Bonchev–Trinajstić information content (AvgIpc) is 2.68. The van der Waals surface area contributed by atoms with Gasteiger partial charge in [-0.3, -0.25) is 10.2 Å². The summed E-state index contributed by atoms with van der Waals surface area (Å²) in [7, 11) is 1.61. The van der Waals surface area contributed by atoms with Crippen molar-refractivity contribution in [1.29, 1.82) is 5.41 Å². The molecule has 7 nitrogen and oxygen atoms in total. The molecule has 2 N–H and O–H groups in total. The third-order valence-electron chi connectivity index (χ3n) is 5.55. The topological polar surface area (TPSA) is 97.4 Å². The molecular weight excluding hydrogens is 370 g/mol. The van der Waals surface area contributed by atoms with Crippen molar-refractivity contribution in [1.82, 2.24) is 9.55 Å². The highest BCUT2D eigenvalue weighted by molar-refractivity contribution is 6.00. The number of benzene rings is 1. The predicted octanol–water partition coefficient (Wildman–Crippen LogP) is 2.53. The van der Waals surface area contributed by atoms with E-state index in [1.807, 2.05) is 24.3 Å². The molecule has 0 spiro atoms. The summed E-state index contributed by atoms with van der Waals surface area (Å²) in [6.07, 6.45) is 2.58. The number of aromatic nitrogens is 2. The van der Waals surface area contributed by atoms with Gasteiger partial charge in [0.2, 0.25) is 5.88 Å². The van der Waals surface area contributed by atoms with Crippen molar-refractivity contribution < 1.29 is 19.4 Å². The van der Waals surface area contributed by atoms with Gasteiger partial charge in [0, 0.05) is 30.9 Å². The zero-order valence-corrected chi connectivity index (χ0v) is 16.9. The molecule has 7 heteroatoms. The molecule has 0 amide bonds. The van der Waals surface area contributed by atoms with Crippen LogP contribution >= 0.6 is 0 Å². The van der Waals surface area contributed by atoms with E-state index in [0.29, 0.717) is 35.6 Å². The summed E-state index contributed by atoms with van der Waals surface area (Å²) >= 11 is 0. The van der Waals surface area contributed by atoms with E-state index < -0.39 is 5.92 Å². The van der Waals surface area contributed by atoms with Gasteiger partial charge in [0.15, 0.2) is 5.78 Å². The van der Waals surface area contributed by atoms with E-state index >= 15 is 0 Å². The molecule has 1 aromatic carbocycles. The number of Topliss-reactive ketones (excluding diaryl/α,β-unsaturated/α-hetero) is 1. The van der Waals surface area contributed by atoms with Gasteiger partial charge in [-0.05, 0) is 23.1 Å². The normalized spacial score (nSPS) is 20.0. The molecule has 0 bridgehead atoms. The second-order valence-electron chi connectivity index (χ2n) is 8.32. The Morgan fingerprint density at radius 3 is 2.69 bits per heavy atom. The van der Waals surface area contributed by atoms with E-state index in [0.717, 1.165) is 11.3 Å². The Labute approximate surface area is 169 Å². The fourth-order valence-corrected chi connectivity index (χ4v) is 4.21. The largest absolute Gasteiger partial charge is 0.497 e. The highest BCUT2D eigenvalue weighted by Gasteiger charge is 2.43. The van der Waals surface area contributed by atoms with Crippen LogP contribution in [-0.2, 0) is 11.3 Å². The molecule has 2 aromatic rings. The number of aliphatic hydroxyl groups is 1. The number of carbonyl (C=O) groups is 1. The summed E-state index contributed by atoms with van der Waals surface area (Å²) in [5.74, 6) is 1.33. The predicted molar refractivity (Wildman–Crippen MR) is 106 cm³/mol. The lowest BCUT2D eigenvalue weighted by atomic mass is 9.70. The molecule has 152 valence electrons. The Balaban J connectivity index is 1.94. The van der Waals surface area contributed by atoms with Crippen LogP contribution in [0.3, 0.4) is 0 Å². The van der Waals surface area contributed by atoms with Crippen LogP contribution in [0.2, 0.25) is 0 Å². The first-order valence-corrected chi connectivity index (χ1v) is 9.67. The summed E-state index contributed by atoms with van der Waals surface area (Å²) in [5, 5.41) is 18.0. The van der Waals surface area contributed by atoms with Crippen LogP contribution in [0, 0.1) is 10.8 Å². The minimum Gasteiger partial charge on any atom is -0.497 e.